The van der Waals surface area contributed by atoms with E-state index in [0.29, 0.717) is 12.2 Å². The van der Waals surface area contributed by atoms with E-state index in [2.05, 4.69) is 0 Å². The molecule has 2 N–H and O–H groups in total. The molecule has 0 saturated heterocycles. The summed E-state index contributed by atoms with van der Waals surface area (Å²) in [5, 5.41) is 0. The van der Waals surface area contributed by atoms with Crippen molar-refractivity contribution in [2.45, 2.75) is 51.2 Å². The number of pyridine rings is 1. The van der Waals surface area contributed by atoms with Crippen LogP contribution in [0, 0.1) is 0 Å². The van der Waals surface area contributed by atoms with Crippen LogP contribution in [0.1, 0.15) is 54.0 Å². The maximum atomic E-state index is 12.8. The topological polar surface area (TPSA) is 85.4 Å². The standard InChI is InChI=1S/C15H19N3O3/c1-9(2)18-14(21)11-6-12(19)10(13(16)20)7-17(11)8-15(18)4-3-5-15/h6-7,9H,3-5,8H2,1-2H3,(H2,16,20). The maximum Gasteiger partial charge on any atom is 0.271 e. The average Bonchev–Trinajstić information content (AvgIpc) is 2.35. The highest BCUT2D eigenvalue weighted by molar-refractivity contribution is 5.96. The number of hydrogen-bond donors (Lipinski definition) is 1. The van der Waals surface area contributed by atoms with Crippen LogP contribution in [0.15, 0.2) is 17.1 Å². The van der Waals surface area contributed by atoms with E-state index in [1.807, 2.05) is 18.7 Å². The maximum absolute atomic E-state index is 12.8. The fraction of sp³-hybridized carbons (Fsp3) is 0.533. The van der Waals surface area contributed by atoms with Gasteiger partial charge in [-0.2, -0.15) is 0 Å². The Labute approximate surface area is 122 Å². The number of nitrogens with zero attached hydrogens (tertiary/aromatic N) is 2. The number of rotatable bonds is 2. The van der Waals surface area contributed by atoms with Crippen molar-refractivity contribution in [2.24, 2.45) is 5.73 Å². The summed E-state index contributed by atoms with van der Waals surface area (Å²) in [6.07, 6.45) is 4.44. The van der Waals surface area contributed by atoms with Crippen molar-refractivity contribution in [2.75, 3.05) is 0 Å². The van der Waals surface area contributed by atoms with Gasteiger partial charge in [-0.15, -0.1) is 0 Å². The van der Waals surface area contributed by atoms with Crippen LogP contribution >= 0.6 is 0 Å². The number of nitrogens with two attached hydrogens (primary N) is 1. The zero-order valence-electron chi connectivity index (χ0n) is 12.3. The summed E-state index contributed by atoms with van der Waals surface area (Å²) in [4.78, 5) is 37.9. The first-order valence-corrected chi connectivity index (χ1v) is 7.24. The molecule has 0 unspecified atom stereocenters. The number of carbonyl (C=O) groups excluding carboxylic acids is 2. The third-order valence-corrected chi connectivity index (χ3v) is 4.61. The molecule has 1 saturated carbocycles. The Hall–Kier alpha value is -2.11. The zero-order chi connectivity index (χ0) is 15.4. The zero-order valence-corrected chi connectivity index (χ0v) is 12.3. The van der Waals surface area contributed by atoms with Crippen molar-refractivity contribution in [1.29, 1.82) is 0 Å². The summed E-state index contributed by atoms with van der Waals surface area (Å²) in [6, 6.07) is 1.32. The van der Waals surface area contributed by atoms with Gasteiger partial charge in [-0.3, -0.25) is 14.4 Å². The first kappa shape index (κ1) is 13.9. The summed E-state index contributed by atoms with van der Waals surface area (Å²) in [6.45, 7) is 4.60. The monoisotopic (exact) mass is 289 g/mol. The Morgan fingerprint density at radius 2 is 2.00 bits per heavy atom. The second-order valence-electron chi connectivity index (χ2n) is 6.28. The van der Waals surface area contributed by atoms with Gasteiger partial charge in [0.25, 0.3) is 11.8 Å². The van der Waals surface area contributed by atoms with Gasteiger partial charge in [-0.25, -0.2) is 0 Å². The van der Waals surface area contributed by atoms with Gasteiger partial charge in [0, 0.05) is 24.8 Å². The van der Waals surface area contributed by atoms with E-state index in [9.17, 15) is 14.4 Å². The van der Waals surface area contributed by atoms with Gasteiger partial charge in [0.15, 0.2) is 5.43 Å². The molecule has 21 heavy (non-hydrogen) atoms. The van der Waals surface area contributed by atoms with Gasteiger partial charge >= 0.3 is 0 Å². The van der Waals surface area contributed by atoms with Gasteiger partial charge in [0.05, 0.1) is 5.54 Å². The second-order valence-corrected chi connectivity index (χ2v) is 6.28. The number of hydrogen-bond acceptors (Lipinski definition) is 3. The smallest absolute Gasteiger partial charge is 0.271 e. The lowest BCUT2D eigenvalue weighted by molar-refractivity contribution is -0.0203. The first-order chi connectivity index (χ1) is 9.85. The summed E-state index contributed by atoms with van der Waals surface area (Å²) in [7, 11) is 0. The number of carbonyl (C=O) groups is 2. The summed E-state index contributed by atoms with van der Waals surface area (Å²) in [5.74, 6) is -0.888. The van der Waals surface area contributed by atoms with Crippen LogP contribution in [0.4, 0.5) is 0 Å². The van der Waals surface area contributed by atoms with Crippen LogP contribution in [0.25, 0.3) is 0 Å². The SMILES string of the molecule is CC(C)N1C(=O)c2cc(=O)c(C(N)=O)cn2CC12CCC2. The molecule has 0 atom stereocenters. The molecule has 112 valence electrons. The molecule has 6 heteroatoms. The lowest BCUT2D eigenvalue weighted by Gasteiger charge is -2.55. The van der Waals surface area contributed by atoms with Crippen molar-refractivity contribution < 1.29 is 9.59 Å². The van der Waals surface area contributed by atoms with Crippen molar-refractivity contribution in [3.05, 3.63) is 33.7 Å². The van der Waals surface area contributed by atoms with Crippen LogP contribution < -0.4 is 11.2 Å². The van der Waals surface area contributed by atoms with E-state index in [1.165, 1.54) is 12.3 Å². The summed E-state index contributed by atoms with van der Waals surface area (Å²) in [5.41, 5.74) is 4.84. The van der Waals surface area contributed by atoms with Gasteiger partial charge in [-0.1, -0.05) is 0 Å². The highest BCUT2D eigenvalue weighted by Gasteiger charge is 2.49. The Bertz CT molecular complexity index is 686. The van der Waals surface area contributed by atoms with E-state index >= 15 is 0 Å². The predicted octanol–water partition coefficient (Wildman–Crippen LogP) is 0.734. The minimum atomic E-state index is -0.753. The quantitative estimate of drug-likeness (QED) is 0.871. The second kappa shape index (κ2) is 4.44. The van der Waals surface area contributed by atoms with Crippen molar-refractivity contribution in [3.63, 3.8) is 0 Å². The third kappa shape index (κ3) is 1.89. The van der Waals surface area contributed by atoms with Gasteiger partial charge in [0.2, 0.25) is 0 Å². The van der Waals surface area contributed by atoms with E-state index in [0.717, 1.165) is 19.3 Å². The molecule has 3 rings (SSSR count). The van der Waals surface area contributed by atoms with E-state index in [1.54, 1.807) is 4.57 Å². The molecule has 0 radical (unpaired) electrons. The minimum Gasteiger partial charge on any atom is -0.365 e. The van der Waals surface area contributed by atoms with Crippen LogP contribution in [0.2, 0.25) is 0 Å². The molecule has 1 aromatic heterocycles. The summed E-state index contributed by atoms with van der Waals surface area (Å²) >= 11 is 0. The molecule has 1 aliphatic carbocycles. The van der Waals surface area contributed by atoms with Crippen LogP contribution in [0.3, 0.4) is 0 Å². The number of aromatic nitrogens is 1. The molecule has 2 aliphatic rings. The Morgan fingerprint density at radius 3 is 2.48 bits per heavy atom. The molecule has 1 aliphatic heterocycles. The highest BCUT2D eigenvalue weighted by atomic mass is 16.2. The Balaban J connectivity index is 2.15. The largest absolute Gasteiger partial charge is 0.365 e. The average molecular weight is 289 g/mol. The molecule has 1 spiro atoms. The molecular formula is C15H19N3O3. The van der Waals surface area contributed by atoms with Crippen molar-refractivity contribution >= 4 is 11.8 Å². The minimum absolute atomic E-state index is 0.0565. The number of primary amides is 1. The lowest BCUT2D eigenvalue weighted by atomic mass is 9.73. The van der Waals surface area contributed by atoms with Gasteiger partial charge in [-0.05, 0) is 33.1 Å². The van der Waals surface area contributed by atoms with Gasteiger partial charge < -0.3 is 15.2 Å². The van der Waals surface area contributed by atoms with Crippen LogP contribution in [0.5, 0.6) is 0 Å². The Kier molecular flexibility index (Phi) is 2.93. The third-order valence-electron chi connectivity index (χ3n) is 4.61. The van der Waals surface area contributed by atoms with E-state index in [4.69, 9.17) is 5.73 Å². The number of fused-ring (bicyclic) bond motifs is 1. The van der Waals surface area contributed by atoms with E-state index in [-0.39, 0.29) is 23.1 Å². The Morgan fingerprint density at radius 1 is 1.33 bits per heavy atom. The van der Waals surface area contributed by atoms with Crippen LogP contribution in [-0.2, 0) is 6.54 Å². The number of amides is 2. The van der Waals surface area contributed by atoms with Gasteiger partial charge in [0.1, 0.15) is 11.3 Å². The normalized spacial score (nSPS) is 19.6. The molecule has 0 aromatic carbocycles. The molecule has 2 heterocycles. The first-order valence-electron chi connectivity index (χ1n) is 7.24. The summed E-state index contributed by atoms with van der Waals surface area (Å²) < 4.78 is 1.72. The lowest BCUT2D eigenvalue weighted by Crippen LogP contribution is -2.64. The van der Waals surface area contributed by atoms with E-state index < -0.39 is 11.3 Å². The highest BCUT2D eigenvalue weighted by Crippen LogP contribution is 2.43. The molecular weight excluding hydrogens is 270 g/mol. The van der Waals surface area contributed by atoms with Crippen LogP contribution in [-0.4, -0.2) is 32.9 Å². The fourth-order valence-electron chi connectivity index (χ4n) is 3.57. The van der Waals surface area contributed by atoms with Crippen molar-refractivity contribution in [1.82, 2.24) is 9.47 Å². The fourth-order valence-corrected chi connectivity index (χ4v) is 3.57. The molecule has 6 nitrogen and oxygen atoms in total. The molecule has 1 aromatic rings. The molecule has 1 fully saturated rings. The molecule has 2 amide bonds. The predicted molar refractivity (Wildman–Crippen MR) is 77.1 cm³/mol. The molecule has 0 bridgehead atoms. The van der Waals surface area contributed by atoms with Crippen molar-refractivity contribution in [3.8, 4) is 0 Å².